The van der Waals surface area contributed by atoms with Gasteiger partial charge < -0.3 is 10.6 Å². The van der Waals surface area contributed by atoms with Crippen LogP contribution in [0.1, 0.15) is 10.4 Å². The lowest BCUT2D eigenvalue weighted by molar-refractivity contribution is 0.102. The molecule has 0 fully saturated rings. The zero-order chi connectivity index (χ0) is 16.1. The molecule has 0 aliphatic rings. The van der Waals surface area contributed by atoms with Crippen molar-refractivity contribution in [2.24, 2.45) is 0 Å². The molecule has 2 N–H and O–H groups in total. The Morgan fingerprint density at radius 3 is 2.30 bits per heavy atom. The van der Waals surface area contributed by atoms with Crippen molar-refractivity contribution in [2.45, 2.75) is 0 Å². The highest BCUT2D eigenvalue weighted by molar-refractivity contribution is 9.10. The van der Waals surface area contributed by atoms with E-state index in [9.17, 15) is 4.79 Å². The number of carbonyl (C=O) groups excluding carboxylic acids is 1. The van der Waals surface area contributed by atoms with Gasteiger partial charge in [-0.2, -0.15) is 0 Å². The molecule has 6 heteroatoms. The number of hydrogen-bond donors (Lipinski definition) is 2. The van der Waals surface area contributed by atoms with Crippen molar-refractivity contribution < 1.29 is 4.79 Å². The van der Waals surface area contributed by atoms with Crippen LogP contribution in [0.2, 0.25) is 0 Å². The summed E-state index contributed by atoms with van der Waals surface area (Å²) in [5.41, 5.74) is 1.47. The van der Waals surface area contributed by atoms with Crippen LogP contribution in [0.4, 0.5) is 17.3 Å². The SMILES string of the molecule is O=C(Nc1ccc(Nc2cccc(Br)c2)nn1)c1ccccc1. The molecule has 0 saturated heterocycles. The topological polar surface area (TPSA) is 66.9 Å². The van der Waals surface area contributed by atoms with Crippen molar-refractivity contribution in [3.8, 4) is 0 Å². The minimum atomic E-state index is -0.215. The maximum atomic E-state index is 12.0. The molecule has 0 bridgehead atoms. The maximum absolute atomic E-state index is 12.0. The second-order valence-electron chi connectivity index (χ2n) is 4.76. The summed E-state index contributed by atoms with van der Waals surface area (Å²) in [4.78, 5) is 12.0. The summed E-state index contributed by atoms with van der Waals surface area (Å²) in [7, 11) is 0. The van der Waals surface area contributed by atoms with Crippen LogP contribution < -0.4 is 10.6 Å². The molecule has 0 radical (unpaired) electrons. The van der Waals surface area contributed by atoms with E-state index >= 15 is 0 Å². The van der Waals surface area contributed by atoms with Crippen LogP contribution in [0.5, 0.6) is 0 Å². The van der Waals surface area contributed by atoms with E-state index in [-0.39, 0.29) is 5.91 Å². The van der Waals surface area contributed by atoms with Gasteiger partial charge >= 0.3 is 0 Å². The highest BCUT2D eigenvalue weighted by atomic mass is 79.9. The smallest absolute Gasteiger partial charge is 0.256 e. The molecule has 114 valence electrons. The molecular weight excluding hydrogens is 356 g/mol. The second-order valence-corrected chi connectivity index (χ2v) is 5.67. The number of nitrogens with one attached hydrogen (secondary N) is 2. The predicted molar refractivity (Wildman–Crippen MR) is 93.9 cm³/mol. The van der Waals surface area contributed by atoms with E-state index in [2.05, 4.69) is 36.8 Å². The van der Waals surface area contributed by atoms with Crippen molar-refractivity contribution in [3.63, 3.8) is 0 Å². The number of benzene rings is 2. The third-order valence-electron chi connectivity index (χ3n) is 3.04. The number of halogens is 1. The quantitative estimate of drug-likeness (QED) is 0.722. The van der Waals surface area contributed by atoms with E-state index in [1.54, 1.807) is 24.3 Å². The van der Waals surface area contributed by atoms with E-state index < -0.39 is 0 Å². The average molecular weight is 369 g/mol. The Morgan fingerprint density at radius 2 is 1.61 bits per heavy atom. The molecule has 0 saturated carbocycles. The van der Waals surface area contributed by atoms with E-state index in [0.717, 1.165) is 10.2 Å². The lowest BCUT2D eigenvalue weighted by Crippen LogP contribution is -2.13. The van der Waals surface area contributed by atoms with Gasteiger partial charge in [0.1, 0.15) is 0 Å². The summed E-state index contributed by atoms with van der Waals surface area (Å²) < 4.78 is 0.974. The summed E-state index contributed by atoms with van der Waals surface area (Å²) in [6.07, 6.45) is 0. The van der Waals surface area contributed by atoms with E-state index in [0.29, 0.717) is 17.2 Å². The van der Waals surface area contributed by atoms with Crippen molar-refractivity contribution in [1.29, 1.82) is 0 Å². The number of hydrogen-bond acceptors (Lipinski definition) is 4. The van der Waals surface area contributed by atoms with Gasteiger partial charge in [0.05, 0.1) is 0 Å². The van der Waals surface area contributed by atoms with Crippen LogP contribution >= 0.6 is 15.9 Å². The van der Waals surface area contributed by atoms with Crippen LogP contribution in [0.15, 0.2) is 71.2 Å². The Labute approximate surface area is 141 Å². The number of aromatic nitrogens is 2. The fourth-order valence-electron chi connectivity index (χ4n) is 1.96. The van der Waals surface area contributed by atoms with E-state index in [4.69, 9.17) is 0 Å². The van der Waals surface area contributed by atoms with Gasteiger partial charge in [0.25, 0.3) is 5.91 Å². The van der Waals surface area contributed by atoms with Gasteiger partial charge in [-0.25, -0.2) is 0 Å². The summed E-state index contributed by atoms with van der Waals surface area (Å²) in [6, 6.07) is 20.2. The van der Waals surface area contributed by atoms with Crippen LogP contribution in [-0.4, -0.2) is 16.1 Å². The molecular formula is C17H13BrN4O. The molecule has 5 nitrogen and oxygen atoms in total. The standard InChI is InChI=1S/C17H13BrN4O/c18-13-7-4-8-14(11-13)19-15-9-10-16(22-21-15)20-17(23)12-5-2-1-3-6-12/h1-11H,(H,19,21)(H,20,22,23). The minimum absolute atomic E-state index is 0.215. The zero-order valence-electron chi connectivity index (χ0n) is 12.0. The number of amides is 1. The van der Waals surface area contributed by atoms with Gasteiger partial charge in [-0.1, -0.05) is 40.2 Å². The average Bonchev–Trinajstić information content (AvgIpc) is 2.57. The molecule has 2 aromatic carbocycles. The third kappa shape index (κ3) is 4.14. The van der Waals surface area contributed by atoms with Crippen LogP contribution in [-0.2, 0) is 0 Å². The first-order valence-electron chi connectivity index (χ1n) is 6.93. The van der Waals surface area contributed by atoms with Gasteiger partial charge in [0, 0.05) is 15.7 Å². The maximum Gasteiger partial charge on any atom is 0.256 e. The van der Waals surface area contributed by atoms with Crippen LogP contribution in [0, 0.1) is 0 Å². The molecule has 3 aromatic rings. The van der Waals surface area contributed by atoms with E-state index in [1.807, 2.05) is 42.5 Å². The van der Waals surface area contributed by atoms with Crippen molar-refractivity contribution in [1.82, 2.24) is 10.2 Å². The molecule has 0 aliphatic carbocycles. The molecule has 0 spiro atoms. The highest BCUT2D eigenvalue weighted by Gasteiger charge is 2.06. The lowest BCUT2D eigenvalue weighted by Gasteiger charge is -2.07. The fraction of sp³-hybridized carbons (Fsp3) is 0. The van der Waals surface area contributed by atoms with Crippen molar-refractivity contribution >= 4 is 39.2 Å². The molecule has 1 amide bonds. The first-order chi connectivity index (χ1) is 11.2. The van der Waals surface area contributed by atoms with Gasteiger partial charge in [-0.05, 0) is 42.5 Å². The molecule has 0 atom stereocenters. The van der Waals surface area contributed by atoms with Gasteiger partial charge in [0.2, 0.25) is 0 Å². The molecule has 3 rings (SSSR count). The molecule has 0 unspecified atom stereocenters. The fourth-order valence-corrected chi connectivity index (χ4v) is 2.36. The predicted octanol–water partition coefficient (Wildman–Crippen LogP) is 4.24. The van der Waals surface area contributed by atoms with Gasteiger partial charge in [0.15, 0.2) is 11.6 Å². The number of nitrogens with zero attached hydrogens (tertiary/aromatic N) is 2. The molecule has 23 heavy (non-hydrogen) atoms. The van der Waals surface area contributed by atoms with Gasteiger partial charge in [-0.15, -0.1) is 10.2 Å². The van der Waals surface area contributed by atoms with Crippen LogP contribution in [0.3, 0.4) is 0 Å². The zero-order valence-corrected chi connectivity index (χ0v) is 13.6. The highest BCUT2D eigenvalue weighted by Crippen LogP contribution is 2.19. The largest absolute Gasteiger partial charge is 0.339 e. The van der Waals surface area contributed by atoms with Gasteiger partial charge in [-0.3, -0.25) is 4.79 Å². The Balaban J connectivity index is 1.66. The van der Waals surface area contributed by atoms with Crippen molar-refractivity contribution in [3.05, 3.63) is 76.8 Å². The monoisotopic (exact) mass is 368 g/mol. The lowest BCUT2D eigenvalue weighted by atomic mass is 10.2. The summed E-state index contributed by atoms with van der Waals surface area (Å²) in [6.45, 7) is 0. The van der Waals surface area contributed by atoms with Crippen LogP contribution in [0.25, 0.3) is 0 Å². The van der Waals surface area contributed by atoms with E-state index in [1.165, 1.54) is 0 Å². The normalized spacial score (nSPS) is 10.1. The molecule has 1 aromatic heterocycles. The summed E-state index contributed by atoms with van der Waals surface area (Å²) >= 11 is 3.41. The Hall–Kier alpha value is -2.73. The Bertz CT molecular complexity index is 806. The third-order valence-corrected chi connectivity index (χ3v) is 3.53. The number of anilines is 3. The number of rotatable bonds is 4. The summed E-state index contributed by atoms with van der Waals surface area (Å²) in [5.74, 6) is 0.784. The first-order valence-corrected chi connectivity index (χ1v) is 7.73. The Kier molecular flexibility index (Phi) is 4.63. The first kappa shape index (κ1) is 15.2. The molecule has 0 aliphatic heterocycles. The minimum Gasteiger partial charge on any atom is -0.339 e. The number of carbonyl (C=O) groups is 1. The summed E-state index contributed by atoms with van der Waals surface area (Å²) in [5, 5.41) is 13.9. The molecule has 1 heterocycles. The second kappa shape index (κ2) is 7.02. The Morgan fingerprint density at radius 1 is 0.870 bits per heavy atom. The van der Waals surface area contributed by atoms with Crippen molar-refractivity contribution in [2.75, 3.05) is 10.6 Å².